The van der Waals surface area contributed by atoms with Crippen LogP contribution in [0.25, 0.3) is 0 Å². The van der Waals surface area contributed by atoms with Crippen molar-refractivity contribution in [2.45, 2.75) is 57.8 Å². The molecule has 1 saturated heterocycles. The van der Waals surface area contributed by atoms with Gasteiger partial charge < -0.3 is 9.47 Å². The lowest BCUT2D eigenvalue weighted by molar-refractivity contribution is 0.0517. The molecule has 1 aliphatic heterocycles. The first-order chi connectivity index (χ1) is 14.1. The largest absolute Gasteiger partial charge is 0.497 e. The Kier molecular flexibility index (Phi) is 6.60. The van der Waals surface area contributed by atoms with Crippen LogP contribution in [-0.4, -0.2) is 35.3 Å². The van der Waals surface area contributed by atoms with E-state index in [9.17, 15) is 8.42 Å². The summed E-state index contributed by atoms with van der Waals surface area (Å²) in [6.07, 6.45) is 1.54. The maximum Gasteiger partial charge on any atom is 0.241 e. The first kappa shape index (κ1) is 22.8. The molecular weight excluding hydrogens is 398 g/mol. The van der Waals surface area contributed by atoms with Gasteiger partial charge in [-0.15, -0.1) is 0 Å². The molecule has 0 bridgehead atoms. The van der Waals surface area contributed by atoms with Crippen LogP contribution >= 0.6 is 0 Å². The van der Waals surface area contributed by atoms with Gasteiger partial charge in [-0.3, -0.25) is 0 Å². The molecule has 0 radical (unpaired) electrons. The molecule has 1 fully saturated rings. The quantitative estimate of drug-likeness (QED) is 0.742. The Labute approximate surface area is 180 Å². The number of hydrogen-bond donors (Lipinski definition) is 1. The number of nitrogens with one attached hydrogen (secondary N) is 1. The van der Waals surface area contributed by atoms with Crippen LogP contribution in [0.3, 0.4) is 0 Å². The van der Waals surface area contributed by atoms with Crippen LogP contribution < -0.4 is 9.46 Å². The van der Waals surface area contributed by atoms with Crippen molar-refractivity contribution in [1.29, 1.82) is 0 Å². The molecule has 0 aromatic heterocycles. The van der Waals surface area contributed by atoms with Gasteiger partial charge in [0.1, 0.15) is 5.75 Å². The van der Waals surface area contributed by atoms with E-state index in [1.807, 2.05) is 52.0 Å². The van der Waals surface area contributed by atoms with Gasteiger partial charge in [-0.1, -0.05) is 12.1 Å². The summed E-state index contributed by atoms with van der Waals surface area (Å²) < 4.78 is 40.7. The topological polar surface area (TPSA) is 64.6 Å². The van der Waals surface area contributed by atoms with Crippen LogP contribution in [0.4, 0.5) is 0 Å². The Hall–Kier alpha value is -1.89. The molecule has 0 amide bonds. The van der Waals surface area contributed by atoms with Crippen LogP contribution in [0.1, 0.15) is 46.2 Å². The summed E-state index contributed by atoms with van der Waals surface area (Å²) in [4.78, 5) is 0.417. The van der Waals surface area contributed by atoms with Gasteiger partial charge >= 0.3 is 0 Å². The molecule has 0 spiro atoms. The van der Waals surface area contributed by atoms with E-state index < -0.39 is 10.0 Å². The minimum atomic E-state index is -3.66. The molecule has 5 nitrogen and oxygen atoms in total. The summed E-state index contributed by atoms with van der Waals surface area (Å²) in [5, 5.41) is 0. The molecule has 2 aromatic carbocycles. The van der Waals surface area contributed by atoms with Gasteiger partial charge in [-0.2, -0.15) is 0 Å². The Morgan fingerprint density at radius 2 is 1.40 bits per heavy atom. The van der Waals surface area contributed by atoms with E-state index in [1.54, 1.807) is 7.11 Å². The zero-order valence-corrected chi connectivity index (χ0v) is 19.7. The van der Waals surface area contributed by atoms with Crippen LogP contribution in [0, 0.1) is 34.6 Å². The standard InChI is InChI=1S/C24H33NO4S/c1-16-17(2)19(4)23(20(5)18(16)3)30(26,27)25-15-24(11-13-29-14-12-24)21-7-9-22(28-6)10-8-21/h7-10,25H,11-15H2,1-6H3. The average Bonchev–Trinajstić information content (AvgIpc) is 2.75. The van der Waals surface area contributed by atoms with E-state index in [4.69, 9.17) is 9.47 Å². The normalized spacial score (nSPS) is 16.5. The average molecular weight is 432 g/mol. The maximum atomic E-state index is 13.4. The number of rotatable bonds is 6. The van der Waals surface area contributed by atoms with Crippen molar-refractivity contribution < 1.29 is 17.9 Å². The Bertz CT molecular complexity index is 991. The lowest BCUT2D eigenvalue weighted by Crippen LogP contribution is -2.44. The molecule has 0 saturated carbocycles. The third kappa shape index (κ3) is 4.13. The van der Waals surface area contributed by atoms with Gasteiger partial charge in [-0.25, -0.2) is 13.1 Å². The number of hydrogen-bond acceptors (Lipinski definition) is 4. The highest BCUT2D eigenvalue weighted by Crippen LogP contribution is 2.36. The van der Waals surface area contributed by atoms with Crippen molar-refractivity contribution in [2.75, 3.05) is 26.9 Å². The van der Waals surface area contributed by atoms with Crippen molar-refractivity contribution in [2.24, 2.45) is 0 Å². The fraction of sp³-hybridized carbons (Fsp3) is 0.500. The zero-order valence-electron chi connectivity index (χ0n) is 18.9. The molecule has 30 heavy (non-hydrogen) atoms. The smallest absolute Gasteiger partial charge is 0.241 e. The fourth-order valence-corrected chi connectivity index (χ4v) is 6.17. The number of benzene rings is 2. The predicted molar refractivity (Wildman–Crippen MR) is 120 cm³/mol. The predicted octanol–water partition coefficient (Wildman–Crippen LogP) is 4.26. The number of sulfonamides is 1. The summed E-state index contributed by atoms with van der Waals surface area (Å²) >= 11 is 0. The highest BCUT2D eigenvalue weighted by Gasteiger charge is 2.36. The minimum absolute atomic E-state index is 0.297. The first-order valence-corrected chi connectivity index (χ1v) is 11.9. The molecule has 1 N–H and O–H groups in total. The summed E-state index contributed by atoms with van der Waals surface area (Å²) in [7, 11) is -2.01. The molecule has 1 aliphatic rings. The zero-order chi connectivity index (χ0) is 22.1. The SMILES string of the molecule is COc1ccc(C2(CNS(=O)(=O)c3c(C)c(C)c(C)c(C)c3C)CCOCC2)cc1. The highest BCUT2D eigenvalue weighted by molar-refractivity contribution is 7.89. The van der Waals surface area contributed by atoms with E-state index in [0.717, 1.165) is 52.0 Å². The van der Waals surface area contributed by atoms with Crippen LogP contribution in [-0.2, 0) is 20.2 Å². The molecule has 0 unspecified atom stereocenters. The second-order valence-corrected chi connectivity index (χ2v) is 10.1. The lowest BCUT2D eigenvalue weighted by atomic mass is 9.74. The van der Waals surface area contributed by atoms with E-state index in [0.29, 0.717) is 24.7 Å². The van der Waals surface area contributed by atoms with Crippen LogP contribution in [0.2, 0.25) is 0 Å². The van der Waals surface area contributed by atoms with Gasteiger partial charge in [0.25, 0.3) is 0 Å². The third-order valence-electron chi connectivity index (χ3n) is 6.95. The number of methoxy groups -OCH3 is 1. The monoisotopic (exact) mass is 431 g/mol. The molecule has 6 heteroatoms. The van der Waals surface area contributed by atoms with Crippen molar-refractivity contribution >= 4 is 10.0 Å². The summed E-state index contributed by atoms with van der Waals surface area (Å²) in [5.74, 6) is 0.790. The summed E-state index contributed by atoms with van der Waals surface area (Å²) in [6.45, 7) is 11.4. The second-order valence-electron chi connectivity index (χ2n) is 8.40. The van der Waals surface area contributed by atoms with Gasteiger partial charge in [0, 0.05) is 25.2 Å². The molecule has 164 valence electrons. The second kappa shape index (κ2) is 8.69. The Morgan fingerprint density at radius 1 is 0.900 bits per heavy atom. The Balaban J connectivity index is 1.96. The molecular formula is C24H33NO4S. The lowest BCUT2D eigenvalue weighted by Gasteiger charge is -2.38. The summed E-state index contributed by atoms with van der Waals surface area (Å²) in [5.41, 5.74) is 5.70. The van der Waals surface area contributed by atoms with E-state index in [-0.39, 0.29) is 5.41 Å². The van der Waals surface area contributed by atoms with Gasteiger partial charge in [0.05, 0.1) is 12.0 Å². The highest BCUT2D eigenvalue weighted by atomic mass is 32.2. The van der Waals surface area contributed by atoms with Crippen molar-refractivity contribution in [3.05, 3.63) is 57.6 Å². The molecule has 3 rings (SSSR count). The number of ether oxygens (including phenoxy) is 2. The van der Waals surface area contributed by atoms with E-state index in [1.165, 1.54) is 0 Å². The molecule has 0 atom stereocenters. The maximum absolute atomic E-state index is 13.4. The first-order valence-electron chi connectivity index (χ1n) is 10.4. The summed E-state index contributed by atoms with van der Waals surface area (Å²) in [6, 6.07) is 7.94. The van der Waals surface area contributed by atoms with Crippen molar-refractivity contribution in [1.82, 2.24) is 4.72 Å². The fourth-order valence-electron chi connectivity index (χ4n) is 4.45. The van der Waals surface area contributed by atoms with Gasteiger partial charge in [0.2, 0.25) is 10.0 Å². The van der Waals surface area contributed by atoms with E-state index in [2.05, 4.69) is 11.6 Å². The van der Waals surface area contributed by atoms with Crippen molar-refractivity contribution in [3.63, 3.8) is 0 Å². The molecule has 2 aromatic rings. The third-order valence-corrected chi connectivity index (χ3v) is 8.63. The van der Waals surface area contributed by atoms with Crippen LogP contribution in [0.15, 0.2) is 29.2 Å². The van der Waals surface area contributed by atoms with Gasteiger partial charge in [0.15, 0.2) is 0 Å². The van der Waals surface area contributed by atoms with Crippen LogP contribution in [0.5, 0.6) is 5.75 Å². The molecule has 1 heterocycles. The minimum Gasteiger partial charge on any atom is -0.497 e. The Morgan fingerprint density at radius 3 is 1.90 bits per heavy atom. The van der Waals surface area contributed by atoms with Gasteiger partial charge in [-0.05, 0) is 93.0 Å². The van der Waals surface area contributed by atoms with E-state index >= 15 is 0 Å². The molecule has 0 aliphatic carbocycles. The van der Waals surface area contributed by atoms with Crippen molar-refractivity contribution in [3.8, 4) is 5.75 Å².